The number of hydrogen-bond acceptors (Lipinski definition) is 0. The van der Waals surface area contributed by atoms with Crippen LogP contribution in [0.1, 0.15) is 13.3 Å². The van der Waals surface area contributed by atoms with Gasteiger partial charge in [-0.2, -0.15) is 0 Å². The van der Waals surface area contributed by atoms with Gasteiger partial charge in [0.15, 0.2) is 0 Å². The number of rotatable bonds is 3. The molecule has 0 heterocycles. The summed E-state index contributed by atoms with van der Waals surface area (Å²) in [5, 5.41) is 0. The van der Waals surface area contributed by atoms with Gasteiger partial charge in [-0.1, -0.05) is 19.1 Å². The Labute approximate surface area is 51.9 Å². The Morgan fingerprint density at radius 1 is 1.62 bits per heavy atom. The summed E-state index contributed by atoms with van der Waals surface area (Å²) in [4.78, 5) is 0. The van der Waals surface area contributed by atoms with E-state index in [0.29, 0.717) is 0 Å². The van der Waals surface area contributed by atoms with Crippen molar-refractivity contribution in [3.05, 3.63) is 37.6 Å². The molecule has 0 heteroatoms. The Hall–Kier alpha value is -0.650. The molecular formula is C8H12+. The molecule has 0 N–H and O–H groups in total. The van der Waals surface area contributed by atoms with Crippen LogP contribution in [-0.4, -0.2) is 0 Å². The molecule has 0 nitrogen and oxygen atoms in total. The first-order valence-corrected chi connectivity index (χ1v) is 2.70. The fourth-order valence-corrected chi connectivity index (χ4v) is 0.391. The lowest BCUT2D eigenvalue weighted by Crippen LogP contribution is -1.79. The highest BCUT2D eigenvalue weighted by Crippen LogP contribution is 2.06. The standard InChI is InChI=1S/C8H12/c1-5-8(4)6-7(2)3/h6H,2-5H2,1H3/q+1. The monoisotopic (exact) mass is 108 g/mol. The van der Waals surface area contributed by atoms with Crippen LogP contribution in [0.2, 0.25) is 0 Å². The lowest BCUT2D eigenvalue weighted by Gasteiger charge is -1.92. The van der Waals surface area contributed by atoms with Gasteiger partial charge in [0.1, 0.15) is 5.57 Å². The van der Waals surface area contributed by atoms with E-state index in [2.05, 4.69) is 27.0 Å². The van der Waals surface area contributed by atoms with Crippen molar-refractivity contribution in [2.45, 2.75) is 13.3 Å². The lowest BCUT2D eigenvalue weighted by atomic mass is 10.1. The quantitative estimate of drug-likeness (QED) is 0.487. The highest BCUT2D eigenvalue weighted by Gasteiger charge is 1.94. The molecule has 0 saturated carbocycles. The fourth-order valence-electron chi connectivity index (χ4n) is 0.391. The second-order valence-corrected chi connectivity index (χ2v) is 1.81. The summed E-state index contributed by atoms with van der Waals surface area (Å²) >= 11 is 0. The van der Waals surface area contributed by atoms with E-state index in [4.69, 9.17) is 0 Å². The van der Waals surface area contributed by atoms with Crippen LogP contribution in [0.15, 0.2) is 24.3 Å². The van der Waals surface area contributed by atoms with Gasteiger partial charge in [-0.3, -0.25) is 0 Å². The lowest BCUT2D eigenvalue weighted by molar-refractivity contribution is 1.12. The van der Waals surface area contributed by atoms with Gasteiger partial charge in [-0.25, -0.2) is 0 Å². The third-order valence-electron chi connectivity index (χ3n) is 0.862. The van der Waals surface area contributed by atoms with Gasteiger partial charge in [-0.05, 0) is 6.42 Å². The molecule has 0 spiro atoms. The first kappa shape index (κ1) is 7.35. The van der Waals surface area contributed by atoms with E-state index in [-0.39, 0.29) is 0 Å². The first-order valence-electron chi connectivity index (χ1n) is 2.70. The Morgan fingerprint density at radius 2 is 2.12 bits per heavy atom. The van der Waals surface area contributed by atoms with Crippen molar-refractivity contribution in [3.8, 4) is 0 Å². The normalized spacial score (nSPS) is 8.62. The smallest absolute Gasteiger partial charge is 0.0991 e. The third-order valence-corrected chi connectivity index (χ3v) is 0.862. The zero-order valence-electron chi connectivity index (χ0n) is 5.41. The van der Waals surface area contributed by atoms with Gasteiger partial charge in [-0.15, -0.1) is 0 Å². The topological polar surface area (TPSA) is 0 Å². The van der Waals surface area contributed by atoms with Crippen LogP contribution in [0.25, 0.3) is 0 Å². The summed E-state index contributed by atoms with van der Waals surface area (Å²) in [7, 11) is 0. The fraction of sp³-hybridized carbons (Fsp3) is 0.250. The molecule has 0 amide bonds. The summed E-state index contributed by atoms with van der Waals surface area (Å²) < 4.78 is 0. The molecule has 0 rings (SSSR count). The van der Waals surface area contributed by atoms with Crippen LogP contribution in [0, 0.1) is 13.3 Å². The van der Waals surface area contributed by atoms with Gasteiger partial charge in [0.2, 0.25) is 0 Å². The van der Waals surface area contributed by atoms with Crippen LogP contribution < -0.4 is 0 Å². The Kier molecular flexibility index (Phi) is 3.09. The van der Waals surface area contributed by atoms with Gasteiger partial charge in [0, 0.05) is 13.5 Å². The van der Waals surface area contributed by atoms with E-state index in [1.165, 1.54) is 0 Å². The molecule has 0 fully saturated rings. The molecule has 8 heavy (non-hydrogen) atoms. The summed E-state index contributed by atoms with van der Waals surface area (Å²) in [6.07, 6.45) is 2.87. The van der Waals surface area contributed by atoms with E-state index >= 15 is 0 Å². The molecule has 0 saturated heterocycles. The van der Waals surface area contributed by atoms with Crippen LogP contribution in [0.3, 0.4) is 0 Å². The van der Waals surface area contributed by atoms with E-state index in [1.54, 1.807) is 0 Å². The molecule has 0 aromatic heterocycles. The van der Waals surface area contributed by atoms with Crippen molar-refractivity contribution >= 4 is 0 Å². The average molecular weight is 108 g/mol. The van der Waals surface area contributed by atoms with Crippen LogP contribution in [0.4, 0.5) is 0 Å². The molecule has 0 bridgehead atoms. The molecule has 0 aliphatic carbocycles. The summed E-state index contributed by atoms with van der Waals surface area (Å²) in [5.41, 5.74) is 1.92. The zero-order chi connectivity index (χ0) is 6.57. The van der Waals surface area contributed by atoms with Crippen molar-refractivity contribution in [2.24, 2.45) is 0 Å². The van der Waals surface area contributed by atoms with E-state index in [9.17, 15) is 0 Å². The van der Waals surface area contributed by atoms with Crippen molar-refractivity contribution in [1.29, 1.82) is 0 Å². The Bertz CT molecular complexity index is 98.6. The second kappa shape index (κ2) is 3.36. The van der Waals surface area contributed by atoms with Gasteiger partial charge < -0.3 is 0 Å². The highest BCUT2D eigenvalue weighted by molar-refractivity contribution is 5.26. The number of allylic oxidation sites excluding steroid dienone is 2. The van der Waals surface area contributed by atoms with Crippen LogP contribution in [0.5, 0.6) is 0 Å². The van der Waals surface area contributed by atoms with Crippen molar-refractivity contribution in [2.75, 3.05) is 0 Å². The second-order valence-electron chi connectivity index (χ2n) is 1.81. The van der Waals surface area contributed by atoms with E-state index in [1.807, 2.05) is 6.42 Å². The number of hydrogen-bond donors (Lipinski definition) is 0. The van der Waals surface area contributed by atoms with Gasteiger partial charge in [0.05, 0.1) is 6.42 Å². The molecule has 43 valence electrons. The maximum atomic E-state index is 3.76. The maximum absolute atomic E-state index is 3.76. The van der Waals surface area contributed by atoms with E-state index in [0.717, 1.165) is 17.6 Å². The minimum absolute atomic E-state index is 0.830. The highest BCUT2D eigenvalue weighted by atomic mass is 13.9. The van der Waals surface area contributed by atoms with Crippen molar-refractivity contribution < 1.29 is 0 Å². The molecule has 0 aromatic rings. The molecule has 0 atom stereocenters. The summed E-state index contributed by atoms with van der Waals surface area (Å²) in [6.45, 7) is 13.0. The summed E-state index contributed by atoms with van der Waals surface area (Å²) in [6, 6.07) is 0. The largest absolute Gasteiger partial charge is 0.105 e. The van der Waals surface area contributed by atoms with Crippen LogP contribution in [-0.2, 0) is 0 Å². The predicted octanol–water partition coefficient (Wildman–Crippen LogP) is 2.55. The molecular weight excluding hydrogens is 96.1 g/mol. The first-order chi connectivity index (χ1) is 3.66. The minimum Gasteiger partial charge on any atom is -0.0991 e. The van der Waals surface area contributed by atoms with E-state index < -0.39 is 0 Å². The Balaban J connectivity index is 3.40. The third kappa shape index (κ3) is 3.54. The predicted molar refractivity (Wildman–Crippen MR) is 38.2 cm³/mol. The minimum atomic E-state index is 0.830. The Morgan fingerprint density at radius 3 is 2.25 bits per heavy atom. The molecule has 0 aliphatic rings. The van der Waals surface area contributed by atoms with Gasteiger partial charge >= 0.3 is 0 Å². The maximum Gasteiger partial charge on any atom is 0.105 e. The van der Waals surface area contributed by atoms with Gasteiger partial charge in [0.25, 0.3) is 0 Å². The molecule has 0 aliphatic heterocycles. The van der Waals surface area contributed by atoms with Crippen LogP contribution >= 0.6 is 0 Å². The summed E-state index contributed by atoms with van der Waals surface area (Å²) in [5.74, 6) is 0. The SMILES string of the molecule is C=C([CH2+])[CH]C(=C)CC. The molecule has 0 unspecified atom stereocenters. The van der Waals surface area contributed by atoms with Crippen molar-refractivity contribution in [3.63, 3.8) is 0 Å². The molecule has 0 aromatic carbocycles. The average Bonchev–Trinajstić information content (AvgIpc) is 1.65. The molecule has 1 radical (unpaired) electrons. The van der Waals surface area contributed by atoms with Crippen molar-refractivity contribution in [1.82, 2.24) is 0 Å². The zero-order valence-corrected chi connectivity index (χ0v) is 5.41.